The molecule has 0 radical (unpaired) electrons. The van der Waals surface area contributed by atoms with Crippen LogP contribution in [-0.2, 0) is 14.4 Å². The number of rotatable bonds is 7. The number of aliphatic hydroxyl groups is 1. The predicted molar refractivity (Wildman–Crippen MR) is 115 cm³/mol. The summed E-state index contributed by atoms with van der Waals surface area (Å²) in [7, 11) is 0. The number of amides is 4. The number of benzene rings is 1. The van der Waals surface area contributed by atoms with Crippen molar-refractivity contribution >= 4 is 35.2 Å². The topological polar surface area (TPSA) is 148 Å². The Hall–Kier alpha value is -3.14. The number of carboxylic acid groups (broad SMARTS) is 1. The fourth-order valence-electron chi connectivity index (χ4n) is 3.47. The Morgan fingerprint density at radius 3 is 2.16 bits per heavy atom. The van der Waals surface area contributed by atoms with Gasteiger partial charge in [-0.2, -0.15) is 0 Å². The molecule has 1 aromatic carbocycles. The number of aliphatic hydroxyl groups excluding tert-OH is 1. The van der Waals surface area contributed by atoms with Gasteiger partial charge in [-0.25, -0.2) is 9.59 Å². The Morgan fingerprint density at radius 2 is 1.65 bits per heavy atom. The van der Waals surface area contributed by atoms with E-state index in [-0.39, 0.29) is 11.8 Å². The normalized spacial score (nSPS) is 18.6. The van der Waals surface area contributed by atoms with Crippen LogP contribution in [0, 0.1) is 11.8 Å². The highest BCUT2D eigenvalue weighted by atomic mass is 16.4. The summed E-state index contributed by atoms with van der Waals surface area (Å²) in [6.07, 6.45) is -1.33. The van der Waals surface area contributed by atoms with Gasteiger partial charge in [-0.1, -0.05) is 39.8 Å². The Bertz CT molecular complexity index is 854. The van der Waals surface area contributed by atoms with Crippen molar-refractivity contribution in [1.82, 2.24) is 10.6 Å². The molecule has 0 saturated carbocycles. The van der Waals surface area contributed by atoms with Crippen molar-refractivity contribution in [2.24, 2.45) is 11.8 Å². The largest absolute Gasteiger partial charge is 0.480 e. The van der Waals surface area contributed by atoms with Crippen LogP contribution in [0.4, 0.5) is 16.2 Å². The van der Waals surface area contributed by atoms with E-state index in [1.165, 1.54) is 11.8 Å². The number of hydrogen-bond donors (Lipinski definition) is 5. The van der Waals surface area contributed by atoms with Gasteiger partial charge in [0.2, 0.25) is 11.8 Å². The summed E-state index contributed by atoms with van der Waals surface area (Å²) in [5.74, 6) is -3.07. The number of para-hydroxylation sites is 2. The van der Waals surface area contributed by atoms with Crippen LogP contribution >= 0.6 is 0 Å². The molecule has 0 bridgehead atoms. The minimum absolute atomic E-state index is 0.211. The van der Waals surface area contributed by atoms with Crippen LogP contribution in [-0.4, -0.2) is 58.3 Å². The van der Waals surface area contributed by atoms with Crippen molar-refractivity contribution in [3.05, 3.63) is 24.3 Å². The van der Waals surface area contributed by atoms with E-state index in [1.807, 2.05) is 13.8 Å². The molecule has 4 amide bonds. The molecule has 170 valence electrons. The molecule has 0 spiro atoms. The first kappa shape index (κ1) is 24.1. The van der Waals surface area contributed by atoms with Gasteiger partial charge in [0.15, 0.2) is 6.04 Å². The molecule has 0 aromatic heterocycles. The van der Waals surface area contributed by atoms with E-state index in [0.29, 0.717) is 11.4 Å². The van der Waals surface area contributed by atoms with Crippen LogP contribution in [0.1, 0.15) is 34.6 Å². The van der Waals surface area contributed by atoms with Gasteiger partial charge >= 0.3 is 12.0 Å². The average molecular weight is 434 g/mol. The number of urea groups is 1. The number of carboxylic acids is 1. The second kappa shape index (κ2) is 9.78. The molecule has 1 aliphatic heterocycles. The summed E-state index contributed by atoms with van der Waals surface area (Å²) in [4.78, 5) is 51.3. The van der Waals surface area contributed by atoms with Gasteiger partial charge in [0, 0.05) is 0 Å². The maximum absolute atomic E-state index is 13.3. The third kappa shape index (κ3) is 5.32. The summed E-state index contributed by atoms with van der Waals surface area (Å²) in [5.41, 5.74) is 0.971. The first-order valence-electron chi connectivity index (χ1n) is 10.2. The number of aliphatic carboxylic acids is 1. The van der Waals surface area contributed by atoms with Crippen molar-refractivity contribution in [1.29, 1.82) is 0 Å². The van der Waals surface area contributed by atoms with Crippen LogP contribution in [0.25, 0.3) is 0 Å². The van der Waals surface area contributed by atoms with E-state index in [0.717, 1.165) is 0 Å². The highest BCUT2D eigenvalue weighted by molar-refractivity contribution is 6.12. The molecule has 1 aromatic rings. The van der Waals surface area contributed by atoms with Crippen molar-refractivity contribution < 1.29 is 29.4 Å². The molecular formula is C21H30N4O6. The van der Waals surface area contributed by atoms with Crippen LogP contribution < -0.4 is 20.9 Å². The fourth-order valence-corrected chi connectivity index (χ4v) is 3.47. The van der Waals surface area contributed by atoms with E-state index in [4.69, 9.17) is 0 Å². The zero-order chi connectivity index (χ0) is 23.5. The van der Waals surface area contributed by atoms with Gasteiger partial charge in [-0.15, -0.1) is 0 Å². The molecule has 1 aliphatic rings. The molecule has 4 atom stereocenters. The van der Waals surface area contributed by atoms with E-state index >= 15 is 0 Å². The lowest BCUT2D eigenvalue weighted by Crippen LogP contribution is -2.61. The highest BCUT2D eigenvalue weighted by Gasteiger charge is 2.40. The Balaban J connectivity index is 2.33. The lowest BCUT2D eigenvalue weighted by Gasteiger charge is -2.39. The van der Waals surface area contributed by atoms with Crippen LogP contribution in [0.2, 0.25) is 0 Å². The minimum Gasteiger partial charge on any atom is -0.480 e. The van der Waals surface area contributed by atoms with E-state index in [1.54, 1.807) is 38.1 Å². The Labute approximate surface area is 181 Å². The summed E-state index contributed by atoms with van der Waals surface area (Å²) < 4.78 is 0. The monoisotopic (exact) mass is 434 g/mol. The Kier molecular flexibility index (Phi) is 7.61. The fraction of sp³-hybridized carbons (Fsp3) is 0.524. The van der Waals surface area contributed by atoms with Crippen molar-refractivity contribution in [2.75, 3.05) is 10.2 Å². The first-order valence-corrected chi connectivity index (χ1v) is 10.2. The van der Waals surface area contributed by atoms with Gasteiger partial charge < -0.3 is 26.2 Å². The Morgan fingerprint density at radius 1 is 1.03 bits per heavy atom. The molecule has 0 aliphatic carbocycles. The summed E-state index contributed by atoms with van der Waals surface area (Å²) in [6, 6.07) is 2.79. The number of nitrogens with one attached hydrogen (secondary N) is 3. The van der Waals surface area contributed by atoms with Crippen LogP contribution in [0.3, 0.4) is 0 Å². The smallest absolute Gasteiger partial charge is 0.328 e. The third-order valence-corrected chi connectivity index (χ3v) is 5.09. The lowest BCUT2D eigenvalue weighted by atomic mass is 9.97. The number of carbonyl (C=O) groups is 4. The van der Waals surface area contributed by atoms with Gasteiger partial charge in [0.1, 0.15) is 12.1 Å². The number of carbonyl (C=O) groups excluding carboxylic acids is 3. The number of hydrogen-bond acceptors (Lipinski definition) is 5. The van der Waals surface area contributed by atoms with Gasteiger partial charge in [-0.3, -0.25) is 14.5 Å². The van der Waals surface area contributed by atoms with Crippen LogP contribution in [0.5, 0.6) is 0 Å². The molecule has 0 saturated heterocycles. The van der Waals surface area contributed by atoms with Crippen molar-refractivity contribution in [3.63, 3.8) is 0 Å². The number of anilines is 2. The SMILES string of the molecule is CC(C)[C@@H](NC(=O)N1c2ccccc2NC(=O)[C@H]1C(C)C)C(=O)N[C@H](C(=O)O)[C@@H](C)O. The number of fused-ring (bicyclic) bond motifs is 1. The van der Waals surface area contributed by atoms with Gasteiger partial charge in [0.25, 0.3) is 0 Å². The molecule has 2 rings (SSSR count). The highest BCUT2D eigenvalue weighted by Crippen LogP contribution is 2.34. The summed E-state index contributed by atoms with van der Waals surface area (Å²) >= 11 is 0. The molecule has 31 heavy (non-hydrogen) atoms. The van der Waals surface area contributed by atoms with Gasteiger partial charge in [0.05, 0.1) is 17.5 Å². The van der Waals surface area contributed by atoms with E-state index in [9.17, 15) is 29.4 Å². The number of nitrogens with zero attached hydrogens (tertiary/aromatic N) is 1. The standard InChI is InChI=1S/C21H30N4O6/c1-10(2)15(18(27)23-16(12(5)26)20(29)30)24-21(31)25-14-9-7-6-8-13(14)22-19(28)17(25)11(3)4/h6-12,15-17,26H,1-5H3,(H,22,28)(H,23,27)(H,24,31)(H,29,30)/t12-,15-,16+,17-/m1/s1. The molecule has 0 fully saturated rings. The van der Waals surface area contributed by atoms with Crippen LogP contribution in [0.15, 0.2) is 24.3 Å². The average Bonchev–Trinajstić information content (AvgIpc) is 2.67. The maximum atomic E-state index is 13.3. The molecular weight excluding hydrogens is 404 g/mol. The first-order chi connectivity index (χ1) is 14.5. The maximum Gasteiger partial charge on any atom is 0.328 e. The van der Waals surface area contributed by atoms with E-state index in [2.05, 4.69) is 16.0 Å². The molecule has 0 unspecified atom stereocenters. The zero-order valence-electron chi connectivity index (χ0n) is 18.2. The second-order valence-electron chi connectivity index (χ2n) is 8.30. The molecule has 5 N–H and O–H groups in total. The van der Waals surface area contributed by atoms with Gasteiger partial charge in [-0.05, 0) is 30.9 Å². The van der Waals surface area contributed by atoms with Crippen molar-refractivity contribution in [2.45, 2.75) is 58.8 Å². The quantitative estimate of drug-likeness (QED) is 0.435. The van der Waals surface area contributed by atoms with E-state index < -0.39 is 48.1 Å². The summed E-state index contributed by atoms with van der Waals surface area (Å²) in [6.45, 7) is 8.26. The lowest BCUT2D eigenvalue weighted by molar-refractivity contribution is -0.145. The third-order valence-electron chi connectivity index (χ3n) is 5.09. The second-order valence-corrected chi connectivity index (χ2v) is 8.30. The minimum atomic E-state index is -1.52. The molecule has 1 heterocycles. The zero-order valence-corrected chi connectivity index (χ0v) is 18.2. The van der Waals surface area contributed by atoms with Crippen molar-refractivity contribution in [3.8, 4) is 0 Å². The molecule has 10 heteroatoms. The summed E-state index contributed by atoms with van der Waals surface area (Å²) in [5, 5.41) is 26.5. The molecule has 10 nitrogen and oxygen atoms in total. The predicted octanol–water partition coefficient (Wildman–Crippen LogP) is 1.15.